The first-order chi connectivity index (χ1) is 8.24. The molecule has 7 nitrogen and oxygen atoms in total. The maximum Gasteiger partial charge on any atom is 0.412 e. The summed E-state index contributed by atoms with van der Waals surface area (Å²) in [7, 11) is 0. The minimum atomic E-state index is -1.11. The summed E-state index contributed by atoms with van der Waals surface area (Å²) in [5, 5.41) is 12.4. The number of carboxylic acid groups (broad SMARTS) is 1. The highest BCUT2D eigenvalue weighted by atomic mass is 16.6. The van der Waals surface area contributed by atoms with E-state index in [2.05, 4.69) is 5.10 Å². The number of piperidine rings is 1. The van der Waals surface area contributed by atoms with Crippen molar-refractivity contribution in [2.24, 2.45) is 16.9 Å². The van der Waals surface area contributed by atoms with Gasteiger partial charge in [-0.25, -0.2) is 4.79 Å². The van der Waals surface area contributed by atoms with Crippen LogP contribution in [0.4, 0.5) is 4.79 Å². The van der Waals surface area contributed by atoms with Gasteiger partial charge in [-0.1, -0.05) is 0 Å². The second kappa shape index (κ2) is 5.24. The Morgan fingerprint density at radius 3 is 2.56 bits per heavy atom. The summed E-state index contributed by atoms with van der Waals surface area (Å²) in [6, 6.07) is 0. The molecular weight excluding hydrogens is 238 g/mol. The molecule has 1 aliphatic rings. The Kier molecular flexibility index (Phi) is 4.15. The van der Waals surface area contributed by atoms with Gasteiger partial charge in [-0.2, -0.15) is 5.10 Å². The van der Waals surface area contributed by atoms with E-state index in [9.17, 15) is 9.59 Å². The third-order valence-corrected chi connectivity index (χ3v) is 2.56. The van der Waals surface area contributed by atoms with Crippen molar-refractivity contribution in [3.63, 3.8) is 0 Å². The van der Waals surface area contributed by atoms with Crippen LogP contribution in [0.3, 0.4) is 0 Å². The van der Waals surface area contributed by atoms with Gasteiger partial charge in [0.05, 0.1) is 5.92 Å². The van der Waals surface area contributed by atoms with E-state index < -0.39 is 11.7 Å². The number of carbonyl (C=O) groups is 2. The Morgan fingerprint density at radius 2 is 2.11 bits per heavy atom. The summed E-state index contributed by atoms with van der Waals surface area (Å²) in [6.07, 6.45) is -0.500. The molecule has 1 saturated heterocycles. The van der Waals surface area contributed by atoms with Crippen LogP contribution in [0.5, 0.6) is 0 Å². The maximum absolute atomic E-state index is 11.9. The summed E-state index contributed by atoms with van der Waals surface area (Å²) in [5.74, 6) is 4.62. The summed E-state index contributed by atoms with van der Waals surface area (Å²) >= 11 is 0. The molecule has 7 heteroatoms. The smallest absolute Gasteiger partial charge is 0.412 e. The topological polar surface area (TPSA) is 105 Å². The number of nitrogens with zero attached hydrogens (tertiary/aromatic N) is 2. The summed E-state index contributed by atoms with van der Waals surface area (Å²) < 4.78 is 5.27. The first-order valence-corrected chi connectivity index (χ1v) is 5.74. The maximum atomic E-state index is 11.9. The molecule has 0 aliphatic carbocycles. The first-order valence-electron chi connectivity index (χ1n) is 5.74. The number of likely N-dealkylation sites (tertiary alicyclic amines) is 1. The average Bonchev–Trinajstić information content (AvgIpc) is 2.25. The van der Waals surface area contributed by atoms with Crippen molar-refractivity contribution in [1.82, 2.24) is 4.90 Å². The van der Waals surface area contributed by atoms with Crippen LogP contribution in [0.15, 0.2) is 5.10 Å². The van der Waals surface area contributed by atoms with Gasteiger partial charge in [-0.3, -0.25) is 9.69 Å². The predicted molar refractivity (Wildman–Crippen MR) is 64.9 cm³/mol. The number of amides is 1. The van der Waals surface area contributed by atoms with Crippen LogP contribution in [0, 0.1) is 5.92 Å². The van der Waals surface area contributed by atoms with Gasteiger partial charge < -0.3 is 15.7 Å². The van der Waals surface area contributed by atoms with Crippen LogP contribution in [0.1, 0.15) is 33.6 Å². The minimum Gasteiger partial charge on any atom is -0.465 e. The highest BCUT2D eigenvalue weighted by Gasteiger charge is 2.34. The Morgan fingerprint density at radius 1 is 1.50 bits per heavy atom. The molecule has 3 N–H and O–H groups in total. The lowest BCUT2D eigenvalue weighted by Gasteiger charge is -2.31. The van der Waals surface area contributed by atoms with E-state index in [0.717, 1.165) is 4.90 Å². The van der Waals surface area contributed by atoms with E-state index in [1.807, 2.05) is 0 Å². The highest BCUT2D eigenvalue weighted by Crippen LogP contribution is 2.23. The fourth-order valence-corrected chi connectivity index (χ4v) is 1.76. The number of hydrogen-bond acceptors (Lipinski definition) is 5. The van der Waals surface area contributed by atoms with Crippen LogP contribution >= 0.6 is 0 Å². The molecule has 0 aromatic heterocycles. The van der Waals surface area contributed by atoms with Crippen molar-refractivity contribution >= 4 is 17.9 Å². The quantitative estimate of drug-likeness (QED) is 0.414. The Labute approximate surface area is 106 Å². The monoisotopic (exact) mass is 257 g/mol. The Bertz CT molecular complexity index is 373. The fourth-order valence-electron chi connectivity index (χ4n) is 1.76. The molecule has 1 atom stereocenters. The molecule has 0 aromatic rings. The van der Waals surface area contributed by atoms with Crippen molar-refractivity contribution in [3.05, 3.63) is 0 Å². The molecule has 1 amide bonds. The van der Waals surface area contributed by atoms with Gasteiger partial charge >= 0.3 is 12.1 Å². The number of nitrogens with two attached hydrogens (primary N) is 1. The number of esters is 1. The highest BCUT2D eigenvalue weighted by molar-refractivity contribution is 5.97. The van der Waals surface area contributed by atoms with Gasteiger partial charge in [0.15, 0.2) is 0 Å². The second-order valence-electron chi connectivity index (χ2n) is 5.20. The molecular formula is C11H19N3O4. The molecule has 1 unspecified atom stereocenters. The number of carbonyl (C=O) groups excluding carboxylic acids is 1. The lowest BCUT2D eigenvalue weighted by Crippen LogP contribution is -2.45. The van der Waals surface area contributed by atoms with Gasteiger partial charge in [0, 0.05) is 13.0 Å². The summed E-state index contributed by atoms with van der Waals surface area (Å²) in [5.41, 5.74) is -0.555. The van der Waals surface area contributed by atoms with Crippen LogP contribution in [0.25, 0.3) is 0 Å². The van der Waals surface area contributed by atoms with Crippen molar-refractivity contribution in [3.8, 4) is 0 Å². The lowest BCUT2D eigenvalue weighted by atomic mass is 9.96. The van der Waals surface area contributed by atoms with E-state index >= 15 is 0 Å². The van der Waals surface area contributed by atoms with Crippen molar-refractivity contribution < 1.29 is 19.4 Å². The van der Waals surface area contributed by atoms with E-state index in [4.69, 9.17) is 15.7 Å². The normalized spacial score (nSPS) is 22.9. The number of amidine groups is 1. The molecule has 0 spiro atoms. The number of rotatable bonds is 1. The molecule has 1 heterocycles. The van der Waals surface area contributed by atoms with Gasteiger partial charge in [-0.15, -0.1) is 0 Å². The Balaban J connectivity index is 2.69. The number of ether oxygens (including phenoxy) is 1. The van der Waals surface area contributed by atoms with Crippen LogP contribution in [-0.4, -0.2) is 40.1 Å². The van der Waals surface area contributed by atoms with Crippen molar-refractivity contribution in [2.75, 3.05) is 6.54 Å². The van der Waals surface area contributed by atoms with E-state index in [-0.39, 0.29) is 30.7 Å². The summed E-state index contributed by atoms with van der Waals surface area (Å²) in [4.78, 5) is 23.8. The molecule has 1 fully saturated rings. The van der Waals surface area contributed by atoms with E-state index in [1.165, 1.54) is 0 Å². The third-order valence-electron chi connectivity index (χ3n) is 2.56. The zero-order valence-corrected chi connectivity index (χ0v) is 10.8. The molecule has 0 aromatic carbocycles. The first kappa shape index (κ1) is 14.3. The van der Waals surface area contributed by atoms with Gasteiger partial charge in [-0.05, 0) is 27.2 Å². The second-order valence-corrected chi connectivity index (χ2v) is 5.20. The van der Waals surface area contributed by atoms with Crippen molar-refractivity contribution in [1.29, 1.82) is 0 Å². The van der Waals surface area contributed by atoms with E-state index in [1.54, 1.807) is 20.8 Å². The fraction of sp³-hybridized carbons (Fsp3) is 0.727. The SMILES string of the molecule is CC(C)(C)OC(=O)C1CCN(C(=O)O)C(=NN)C1. The molecule has 0 bridgehead atoms. The molecule has 102 valence electrons. The molecule has 1 rings (SSSR count). The zero-order valence-electron chi connectivity index (χ0n) is 10.8. The van der Waals surface area contributed by atoms with Gasteiger partial charge in [0.2, 0.25) is 0 Å². The third kappa shape index (κ3) is 3.61. The lowest BCUT2D eigenvalue weighted by molar-refractivity contribution is -0.160. The number of hydrazone groups is 1. The van der Waals surface area contributed by atoms with E-state index in [0.29, 0.717) is 6.42 Å². The minimum absolute atomic E-state index is 0.192. The Hall–Kier alpha value is -1.79. The standard InChI is InChI=1S/C11H19N3O4/c1-11(2,3)18-9(15)7-4-5-14(10(16)17)8(6-7)13-12/h7H,4-6,12H2,1-3H3,(H,16,17). The molecule has 0 radical (unpaired) electrons. The number of hydrogen-bond donors (Lipinski definition) is 2. The zero-order chi connectivity index (χ0) is 13.9. The van der Waals surface area contributed by atoms with Gasteiger partial charge in [0.25, 0.3) is 0 Å². The van der Waals surface area contributed by atoms with Crippen LogP contribution in [-0.2, 0) is 9.53 Å². The largest absolute Gasteiger partial charge is 0.465 e. The molecule has 18 heavy (non-hydrogen) atoms. The molecule has 1 aliphatic heterocycles. The predicted octanol–water partition coefficient (Wildman–Crippen LogP) is 0.990. The molecule has 0 saturated carbocycles. The van der Waals surface area contributed by atoms with Crippen LogP contribution < -0.4 is 5.84 Å². The van der Waals surface area contributed by atoms with Crippen LogP contribution in [0.2, 0.25) is 0 Å². The average molecular weight is 257 g/mol. The summed E-state index contributed by atoms with van der Waals surface area (Å²) in [6.45, 7) is 5.56. The van der Waals surface area contributed by atoms with Crippen molar-refractivity contribution in [2.45, 2.75) is 39.2 Å². The van der Waals surface area contributed by atoms with Gasteiger partial charge in [0.1, 0.15) is 11.4 Å².